The van der Waals surface area contributed by atoms with Crippen LogP contribution in [0.1, 0.15) is 16.7 Å². The van der Waals surface area contributed by atoms with E-state index >= 15 is 0 Å². The van der Waals surface area contributed by atoms with Crippen LogP contribution in [-0.4, -0.2) is 6.21 Å². The smallest absolute Gasteiger partial charge is 0.323 e. The molecule has 82 valence electrons. The highest BCUT2D eigenvalue weighted by Crippen LogP contribution is 2.32. The number of alkyl halides is 3. The monoisotopic (exact) mass is 220 g/mol. The predicted octanol–water partition coefficient (Wildman–Crippen LogP) is 2.45. The van der Waals surface area contributed by atoms with Crippen LogP contribution in [0.2, 0.25) is 0 Å². The van der Waals surface area contributed by atoms with Crippen molar-refractivity contribution in [3.8, 4) is 0 Å². The second-order valence-corrected chi connectivity index (χ2v) is 2.96. The molecule has 0 aliphatic rings. The minimum atomic E-state index is -4.55. The largest absolute Gasteiger partial charge is 0.416 e. The summed E-state index contributed by atoms with van der Waals surface area (Å²) in [5.41, 5.74) is -1.13. The fourth-order valence-electron chi connectivity index (χ4n) is 1.19. The normalized spacial score (nSPS) is 12.3. The Hall–Kier alpha value is -1.59. The average Bonchev–Trinajstić information content (AvgIpc) is 2.09. The van der Waals surface area contributed by atoms with Crippen molar-refractivity contribution in [1.82, 2.24) is 0 Å². The molecule has 0 saturated heterocycles. The molecule has 0 bridgehead atoms. The molecule has 0 fully saturated rings. The topological polar surface area (TPSA) is 38.4 Å². The quantitative estimate of drug-likeness (QED) is 0.335. The van der Waals surface area contributed by atoms with Gasteiger partial charge in [-0.15, -0.1) is 0 Å². The molecular formula is C9H8F4N2. The van der Waals surface area contributed by atoms with Gasteiger partial charge in [0.05, 0.1) is 11.8 Å². The van der Waals surface area contributed by atoms with Crippen molar-refractivity contribution in [2.45, 2.75) is 13.1 Å². The number of hydrazone groups is 1. The maximum absolute atomic E-state index is 13.1. The summed E-state index contributed by atoms with van der Waals surface area (Å²) < 4.78 is 50.1. The van der Waals surface area contributed by atoms with E-state index in [4.69, 9.17) is 5.84 Å². The van der Waals surface area contributed by atoms with Gasteiger partial charge in [-0.3, -0.25) is 0 Å². The standard InChI is InChI=1S/C9H8F4N2/c1-5-2-6(4-15-14)8(10)3-7(5)9(11,12)13/h2-4H,14H2,1H3. The number of nitrogens with zero attached hydrogens (tertiary/aromatic N) is 1. The summed E-state index contributed by atoms with van der Waals surface area (Å²) in [6.07, 6.45) is -3.59. The molecule has 0 spiro atoms. The Kier molecular flexibility index (Phi) is 2.97. The van der Waals surface area contributed by atoms with Crippen LogP contribution in [0.4, 0.5) is 17.6 Å². The van der Waals surface area contributed by atoms with Crippen LogP contribution in [0.3, 0.4) is 0 Å². The first-order valence-corrected chi connectivity index (χ1v) is 3.97. The summed E-state index contributed by atoms with van der Waals surface area (Å²) in [7, 11) is 0. The van der Waals surface area contributed by atoms with Crippen molar-refractivity contribution in [1.29, 1.82) is 0 Å². The molecule has 0 heterocycles. The lowest BCUT2D eigenvalue weighted by molar-refractivity contribution is -0.138. The van der Waals surface area contributed by atoms with Gasteiger partial charge in [0.25, 0.3) is 0 Å². The van der Waals surface area contributed by atoms with Gasteiger partial charge in [-0.05, 0) is 24.6 Å². The third-order valence-electron chi connectivity index (χ3n) is 1.86. The van der Waals surface area contributed by atoms with E-state index in [1.165, 1.54) is 6.92 Å². The summed E-state index contributed by atoms with van der Waals surface area (Å²) in [6, 6.07) is 1.49. The first-order chi connectivity index (χ1) is 6.86. The van der Waals surface area contributed by atoms with Crippen LogP contribution in [0.25, 0.3) is 0 Å². The fourth-order valence-corrected chi connectivity index (χ4v) is 1.19. The van der Waals surface area contributed by atoms with Gasteiger partial charge < -0.3 is 5.84 Å². The first-order valence-electron chi connectivity index (χ1n) is 3.97. The lowest BCUT2D eigenvalue weighted by atomic mass is 10.0. The number of hydrogen-bond acceptors (Lipinski definition) is 2. The third-order valence-corrected chi connectivity index (χ3v) is 1.86. The summed E-state index contributed by atoms with van der Waals surface area (Å²) in [5, 5.41) is 3.05. The van der Waals surface area contributed by atoms with E-state index in [0.29, 0.717) is 6.07 Å². The number of halogens is 4. The summed E-state index contributed by atoms with van der Waals surface area (Å²) in [5.74, 6) is 3.79. The first kappa shape index (κ1) is 11.5. The molecular weight excluding hydrogens is 212 g/mol. The second kappa shape index (κ2) is 3.88. The Morgan fingerprint density at radius 1 is 1.33 bits per heavy atom. The van der Waals surface area contributed by atoms with E-state index in [9.17, 15) is 17.6 Å². The van der Waals surface area contributed by atoms with Gasteiger partial charge >= 0.3 is 6.18 Å². The maximum Gasteiger partial charge on any atom is 0.416 e. The number of aryl methyl sites for hydroxylation is 1. The van der Waals surface area contributed by atoms with Gasteiger partial charge in [-0.25, -0.2) is 4.39 Å². The molecule has 0 amide bonds. The van der Waals surface area contributed by atoms with E-state index < -0.39 is 17.6 Å². The Labute approximate surface area is 83.4 Å². The van der Waals surface area contributed by atoms with Crippen LogP contribution in [0.15, 0.2) is 17.2 Å². The molecule has 1 aromatic carbocycles. The van der Waals surface area contributed by atoms with Crippen LogP contribution in [-0.2, 0) is 6.18 Å². The molecule has 6 heteroatoms. The van der Waals surface area contributed by atoms with Gasteiger partial charge in [0.2, 0.25) is 0 Å². The van der Waals surface area contributed by atoms with E-state index in [0.717, 1.165) is 12.3 Å². The Balaban J connectivity index is 3.32. The van der Waals surface area contributed by atoms with Crippen molar-refractivity contribution < 1.29 is 17.6 Å². The van der Waals surface area contributed by atoms with E-state index in [2.05, 4.69) is 5.10 Å². The zero-order valence-corrected chi connectivity index (χ0v) is 7.77. The summed E-state index contributed by atoms with van der Waals surface area (Å²) in [4.78, 5) is 0. The number of nitrogens with two attached hydrogens (primary N) is 1. The summed E-state index contributed by atoms with van der Waals surface area (Å²) >= 11 is 0. The van der Waals surface area contributed by atoms with E-state index in [1.807, 2.05) is 0 Å². The molecule has 0 aromatic heterocycles. The Morgan fingerprint density at radius 3 is 2.40 bits per heavy atom. The molecule has 1 aromatic rings. The number of benzene rings is 1. The van der Waals surface area contributed by atoms with Gasteiger partial charge in [0.1, 0.15) is 5.82 Å². The van der Waals surface area contributed by atoms with Gasteiger partial charge in [-0.1, -0.05) is 0 Å². The van der Waals surface area contributed by atoms with Gasteiger partial charge in [-0.2, -0.15) is 18.3 Å². The van der Waals surface area contributed by atoms with Crippen molar-refractivity contribution in [3.05, 3.63) is 34.6 Å². The molecule has 0 aliphatic carbocycles. The highest BCUT2D eigenvalue weighted by molar-refractivity contribution is 5.80. The summed E-state index contributed by atoms with van der Waals surface area (Å²) in [6.45, 7) is 1.25. The minimum absolute atomic E-state index is 0.0667. The second-order valence-electron chi connectivity index (χ2n) is 2.96. The molecule has 1 rings (SSSR count). The van der Waals surface area contributed by atoms with Gasteiger partial charge in [0.15, 0.2) is 0 Å². The van der Waals surface area contributed by atoms with Crippen LogP contribution >= 0.6 is 0 Å². The molecule has 2 nitrogen and oxygen atoms in total. The number of hydrogen-bond donors (Lipinski definition) is 1. The zero-order chi connectivity index (χ0) is 11.6. The lowest BCUT2D eigenvalue weighted by Crippen LogP contribution is -2.09. The van der Waals surface area contributed by atoms with Crippen molar-refractivity contribution >= 4 is 6.21 Å². The molecule has 2 N–H and O–H groups in total. The van der Waals surface area contributed by atoms with Crippen LogP contribution in [0, 0.1) is 12.7 Å². The van der Waals surface area contributed by atoms with Crippen molar-refractivity contribution in [3.63, 3.8) is 0 Å². The molecule has 15 heavy (non-hydrogen) atoms. The van der Waals surface area contributed by atoms with Crippen molar-refractivity contribution in [2.24, 2.45) is 10.9 Å². The zero-order valence-electron chi connectivity index (χ0n) is 7.77. The highest BCUT2D eigenvalue weighted by atomic mass is 19.4. The number of rotatable bonds is 1. The van der Waals surface area contributed by atoms with Crippen LogP contribution in [0.5, 0.6) is 0 Å². The SMILES string of the molecule is Cc1cc(C=NN)c(F)cc1C(F)(F)F. The predicted molar refractivity (Wildman–Crippen MR) is 47.9 cm³/mol. The fraction of sp³-hybridized carbons (Fsp3) is 0.222. The molecule has 0 atom stereocenters. The minimum Gasteiger partial charge on any atom is -0.323 e. The highest BCUT2D eigenvalue weighted by Gasteiger charge is 2.33. The molecule has 0 saturated carbocycles. The lowest BCUT2D eigenvalue weighted by Gasteiger charge is -2.11. The van der Waals surface area contributed by atoms with Crippen LogP contribution < -0.4 is 5.84 Å². The molecule has 0 unspecified atom stereocenters. The maximum atomic E-state index is 13.1. The Morgan fingerprint density at radius 2 is 1.93 bits per heavy atom. The molecule has 0 aliphatic heterocycles. The average molecular weight is 220 g/mol. The van der Waals surface area contributed by atoms with E-state index in [1.54, 1.807) is 0 Å². The van der Waals surface area contributed by atoms with E-state index in [-0.39, 0.29) is 11.1 Å². The van der Waals surface area contributed by atoms with Crippen molar-refractivity contribution in [2.75, 3.05) is 0 Å². The third kappa shape index (κ3) is 2.45. The molecule has 0 radical (unpaired) electrons. The Bertz CT molecular complexity index is 396. The van der Waals surface area contributed by atoms with Gasteiger partial charge in [0, 0.05) is 5.56 Å².